The third-order valence-electron chi connectivity index (χ3n) is 4.90. The number of guanidine groups is 1. The van der Waals surface area contributed by atoms with Gasteiger partial charge in [-0.1, -0.05) is 48.5 Å². The highest BCUT2D eigenvalue weighted by molar-refractivity contribution is 6.22. The SMILES string of the molecule is Cc1ccccc1N1C(=O)C(Cc2ccccc2)N=C1N1CCOCC1. The molecule has 1 saturated heterocycles. The molecule has 2 aromatic carbocycles. The minimum atomic E-state index is -0.380. The molecule has 1 amide bonds. The van der Waals surface area contributed by atoms with Crippen molar-refractivity contribution in [3.8, 4) is 0 Å². The summed E-state index contributed by atoms with van der Waals surface area (Å²) < 4.78 is 5.47. The lowest BCUT2D eigenvalue weighted by Crippen LogP contribution is -2.49. The lowest BCUT2D eigenvalue weighted by atomic mass is 10.1. The lowest BCUT2D eigenvalue weighted by molar-refractivity contribution is -0.118. The Morgan fingerprint density at radius 3 is 2.46 bits per heavy atom. The molecule has 0 spiro atoms. The summed E-state index contributed by atoms with van der Waals surface area (Å²) in [4.78, 5) is 22.1. The third kappa shape index (κ3) is 3.22. The number of morpholine rings is 1. The van der Waals surface area contributed by atoms with E-state index in [1.807, 2.05) is 61.5 Å². The van der Waals surface area contributed by atoms with E-state index in [9.17, 15) is 4.79 Å². The molecular formula is C21H23N3O2. The molecule has 26 heavy (non-hydrogen) atoms. The number of anilines is 1. The molecule has 1 atom stereocenters. The van der Waals surface area contributed by atoms with Crippen LogP contribution in [0.3, 0.4) is 0 Å². The standard InChI is InChI=1S/C21H23N3O2/c1-16-7-5-6-10-19(16)24-20(25)18(15-17-8-3-2-4-9-17)22-21(24)23-11-13-26-14-12-23/h2-10,18H,11-15H2,1H3. The average molecular weight is 349 g/mol. The van der Waals surface area contributed by atoms with Gasteiger partial charge in [0.2, 0.25) is 5.96 Å². The maximum absolute atomic E-state index is 13.3. The van der Waals surface area contributed by atoms with Crippen molar-refractivity contribution in [2.75, 3.05) is 31.2 Å². The molecule has 0 saturated carbocycles. The number of para-hydroxylation sites is 1. The van der Waals surface area contributed by atoms with Crippen molar-refractivity contribution in [2.24, 2.45) is 4.99 Å². The Bertz CT molecular complexity index is 813. The summed E-state index contributed by atoms with van der Waals surface area (Å²) in [5.41, 5.74) is 3.11. The van der Waals surface area contributed by atoms with Gasteiger partial charge in [0, 0.05) is 19.5 Å². The maximum atomic E-state index is 13.3. The van der Waals surface area contributed by atoms with Crippen molar-refractivity contribution >= 4 is 17.6 Å². The number of nitrogens with zero attached hydrogens (tertiary/aromatic N) is 3. The highest BCUT2D eigenvalue weighted by atomic mass is 16.5. The third-order valence-corrected chi connectivity index (χ3v) is 4.90. The fourth-order valence-corrected chi connectivity index (χ4v) is 3.50. The number of aryl methyl sites for hydroxylation is 1. The second-order valence-corrected chi connectivity index (χ2v) is 6.69. The number of carbonyl (C=O) groups excluding carboxylic acids is 1. The summed E-state index contributed by atoms with van der Waals surface area (Å²) in [5, 5.41) is 0. The summed E-state index contributed by atoms with van der Waals surface area (Å²) in [5.74, 6) is 0.804. The van der Waals surface area contributed by atoms with Gasteiger partial charge in [-0.05, 0) is 24.1 Å². The van der Waals surface area contributed by atoms with Crippen LogP contribution in [-0.2, 0) is 16.0 Å². The van der Waals surface area contributed by atoms with Crippen LogP contribution in [0.5, 0.6) is 0 Å². The number of ether oxygens (including phenoxy) is 1. The number of rotatable bonds is 3. The Labute approximate surface area is 153 Å². The summed E-state index contributed by atoms with van der Waals surface area (Å²) in [6.07, 6.45) is 0.621. The topological polar surface area (TPSA) is 45.1 Å². The molecule has 1 fully saturated rings. The van der Waals surface area contributed by atoms with E-state index in [0.717, 1.165) is 35.9 Å². The number of carbonyl (C=O) groups is 1. The quantitative estimate of drug-likeness (QED) is 0.856. The first-order valence-corrected chi connectivity index (χ1v) is 9.08. The van der Waals surface area contributed by atoms with E-state index in [1.165, 1.54) is 0 Å². The second-order valence-electron chi connectivity index (χ2n) is 6.69. The van der Waals surface area contributed by atoms with Crippen LogP contribution in [0, 0.1) is 6.92 Å². The van der Waals surface area contributed by atoms with Gasteiger partial charge in [0.1, 0.15) is 6.04 Å². The summed E-state index contributed by atoms with van der Waals surface area (Å²) in [6, 6.07) is 17.7. The molecule has 2 heterocycles. The minimum Gasteiger partial charge on any atom is -0.378 e. The number of amides is 1. The number of hydrogen-bond acceptors (Lipinski definition) is 4. The summed E-state index contributed by atoms with van der Waals surface area (Å²) >= 11 is 0. The van der Waals surface area contributed by atoms with Gasteiger partial charge in [0.15, 0.2) is 0 Å². The van der Waals surface area contributed by atoms with Gasteiger partial charge in [-0.3, -0.25) is 4.79 Å². The Balaban J connectivity index is 1.68. The van der Waals surface area contributed by atoms with Crippen LogP contribution >= 0.6 is 0 Å². The Hall–Kier alpha value is -2.66. The van der Waals surface area contributed by atoms with Crippen molar-refractivity contribution in [3.05, 3.63) is 65.7 Å². The van der Waals surface area contributed by atoms with Crippen LogP contribution in [0.4, 0.5) is 5.69 Å². The maximum Gasteiger partial charge on any atom is 0.259 e. The van der Waals surface area contributed by atoms with Crippen molar-refractivity contribution in [1.82, 2.24) is 4.90 Å². The summed E-state index contributed by atoms with van der Waals surface area (Å²) in [7, 11) is 0. The molecule has 5 nitrogen and oxygen atoms in total. The molecule has 134 valence electrons. The second kappa shape index (κ2) is 7.30. The van der Waals surface area contributed by atoms with Crippen LogP contribution in [0.2, 0.25) is 0 Å². The first-order chi connectivity index (χ1) is 12.7. The fourth-order valence-electron chi connectivity index (χ4n) is 3.50. The van der Waals surface area contributed by atoms with Crippen LogP contribution in [0.1, 0.15) is 11.1 Å². The van der Waals surface area contributed by atoms with E-state index in [-0.39, 0.29) is 11.9 Å². The fraction of sp³-hybridized carbons (Fsp3) is 0.333. The number of benzene rings is 2. The van der Waals surface area contributed by atoms with Crippen molar-refractivity contribution < 1.29 is 9.53 Å². The molecule has 0 aromatic heterocycles. The van der Waals surface area contributed by atoms with Gasteiger partial charge in [-0.2, -0.15) is 0 Å². The van der Waals surface area contributed by atoms with Crippen LogP contribution in [-0.4, -0.2) is 49.1 Å². The Morgan fingerprint density at radius 1 is 1.04 bits per heavy atom. The average Bonchev–Trinajstić information content (AvgIpc) is 3.00. The molecule has 2 aliphatic rings. The molecule has 2 aromatic rings. The van der Waals surface area contributed by atoms with Gasteiger partial charge in [-0.15, -0.1) is 0 Å². The van der Waals surface area contributed by atoms with Crippen molar-refractivity contribution in [1.29, 1.82) is 0 Å². The zero-order valence-electron chi connectivity index (χ0n) is 15.0. The number of hydrogen-bond donors (Lipinski definition) is 0. The Kier molecular flexibility index (Phi) is 4.71. The van der Waals surface area contributed by atoms with Gasteiger partial charge in [-0.25, -0.2) is 9.89 Å². The van der Waals surface area contributed by atoms with Crippen LogP contribution in [0.25, 0.3) is 0 Å². The Morgan fingerprint density at radius 2 is 1.73 bits per heavy atom. The lowest BCUT2D eigenvalue weighted by Gasteiger charge is -2.33. The molecule has 5 heteroatoms. The molecule has 0 radical (unpaired) electrons. The highest BCUT2D eigenvalue weighted by Crippen LogP contribution is 2.28. The normalized spacial score (nSPS) is 20.4. The first-order valence-electron chi connectivity index (χ1n) is 9.08. The van der Waals surface area contributed by atoms with E-state index < -0.39 is 0 Å². The van der Waals surface area contributed by atoms with Crippen molar-refractivity contribution in [2.45, 2.75) is 19.4 Å². The van der Waals surface area contributed by atoms with Gasteiger partial charge >= 0.3 is 0 Å². The molecular weight excluding hydrogens is 326 g/mol. The largest absolute Gasteiger partial charge is 0.378 e. The van der Waals surface area contributed by atoms with Gasteiger partial charge in [0.25, 0.3) is 5.91 Å². The van der Waals surface area contributed by atoms with Gasteiger partial charge in [0.05, 0.1) is 18.9 Å². The molecule has 0 N–H and O–H groups in total. The molecule has 2 aliphatic heterocycles. The monoisotopic (exact) mass is 349 g/mol. The van der Waals surface area contributed by atoms with E-state index >= 15 is 0 Å². The molecule has 0 bridgehead atoms. The molecule has 4 rings (SSSR count). The smallest absolute Gasteiger partial charge is 0.259 e. The predicted octanol–water partition coefficient (Wildman–Crippen LogP) is 2.64. The van der Waals surface area contributed by atoms with E-state index in [0.29, 0.717) is 19.6 Å². The summed E-state index contributed by atoms with van der Waals surface area (Å²) in [6.45, 7) is 4.87. The van der Waals surface area contributed by atoms with Crippen LogP contribution < -0.4 is 4.90 Å². The predicted molar refractivity (Wildman–Crippen MR) is 102 cm³/mol. The molecule has 1 unspecified atom stereocenters. The highest BCUT2D eigenvalue weighted by Gasteiger charge is 2.39. The number of aliphatic imine (C=N–C) groups is 1. The van der Waals surface area contributed by atoms with Crippen LogP contribution in [0.15, 0.2) is 59.6 Å². The molecule has 0 aliphatic carbocycles. The zero-order chi connectivity index (χ0) is 17.9. The van der Waals surface area contributed by atoms with E-state index in [1.54, 1.807) is 4.90 Å². The minimum absolute atomic E-state index is 0.0460. The zero-order valence-corrected chi connectivity index (χ0v) is 15.0. The van der Waals surface area contributed by atoms with Crippen molar-refractivity contribution in [3.63, 3.8) is 0 Å². The van der Waals surface area contributed by atoms with Gasteiger partial charge < -0.3 is 9.64 Å². The van der Waals surface area contributed by atoms with E-state index in [2.05, 4.69) is 4.90 Å². The first kappa shape index (κ1) is 16.8. The van der Waals surface area contributed by atoms with E-state index in [4.69, 9.17) is 9.73 Å².